The second-order valence-corrected chi connectivity index (χ2v) is 4.39. The van der Waals surface area contributed by atoms with Crippen LogP contribution >= 0.6 is 0 Å². The average molecular weight is 252 g/mol. The Kier molecular flexibility index (Phi) is 3.32. The van der Waals surface area contributed by atoms with Crippen LogP contribution in [-0.2, 0) is 0 Å². The fourth-order valence-electron chi connectivity index (χ4n) is 1.98. The molecule has 96 valence electrons. The summed E-state index contributed by atoms with van der Waals surface area (Å²) in [7, 11) is 0. The van der Waals surface area contributed by atoms with Crippen molar-refractivity contribution in [3.63, 3.8) is 0 Å². The van der Waals surface area contributed by atoms with Crippen molar-refractivity contribution in [3.8, 4) is 0 Å². The number of nitrogens with zero attached hydrogens (tertiary/aromatic N) is 2. The number of rotatable bonds is 3. The number of anilines is 2. The number of hydrogen-bond acceptors (Lipinski definition) is 4. The van der Waals surface area contributed by atoms with Crippen molar-refractivity contribution in [3.05, 3.63) is 60.7 Å². The highest BCUT2D eigenvalue weighted by molar-refractivity contribution is 5.96. The van der Waals surface area contributed by atoms with Crippen LogP contribution in [0.5, 0.6) is 0 Å². The van der Waals surface area contributed by atoms with E-state index in [2.05, 4.69) is 15.8 Å². The molecule has 2 N–H and O–H groups in total. The molecule has 0 spiro atoms. The van der Waals surface area contributed by atoms with Crippen LogP contribution in [0.2, 0.25) is 0 Å². The van der Waals surface area contributed by atoms with Crippen molar-refractivity contribution in [2.24, 2.45) is 5.10 Å². The van der Waals surface area contributed by atoms with Gasteiger partial charge < -0.3 is 5.32 Å². The zero-order valence-corrected chi connectivity index (χ0v) is 10.6. The summed E-state index contributed by atoms with van der Waals surface area (Å²) >= 11 is 0. The second kappa shape index (κ2) is 5.44. The Morgan fingerprint density at radius 1 is 0.842 bits per heavy atom. The monoisotopic (exact) mass is 252 g/mol. The van der Waals surface area contributed by atoms with Gasteiger partial charge in [0.15, 0.2) is 0 Å². The molecule has 0 saturated heterocycles. The van der Waals surface area contributed by atoms with Crippen LogP contribution < -0.4 is 10.7 Å². The molecular formula is C15H16N4. The Balaban J connectivity index is 1.62. The van der Waals surface area contributed by atoms with Crippen LogP contribution in [0.25, 0.3) is 0 Å². The number of benzene rings is 2. The first-order chi connectivity index (χ1) is 9.40. The van der Waals surface area contributed by atoms with Crippen molar-refractivity contribution in [2.75, 3.05) is 17.3 Å². The molecule has 1 heterocycles. The Morgan fingerprint density at radius 2 is 1.47 bits per heavy atom. The summed E-state index contributed by atoms with van der Waals surface area (Å²) in [6, 6.07) is 20.2. The molecule has 1 aliphatic heterocycles. The summed E-state index contributed by atoms with van der Waals surface area (Å²) in [5.41, 5.74) is 5.38. The van der Waals surface area contributed by atoms with Gasteiger partial charge in [0.1, 0.15) is 5.84 Å². The van der Waals surface area contributed by atoms with E-state index in [-0.39, 0.29) is 0 Å². The zero-order valence-electron chi connectivity index (χ0n) is 10.6. The first-order valence-electron chi connectivity index (χ1n) is 6.39. The largest absolute Gasteiger partial charge is 0.342 e. The van der Waals surface area contributed by atoms with Crippen LogP contribution in [0.4, 0.5) is 11.4 Å². The number of hydrogen-bond donors (Lipinski definition) is 2. The topological polar surface area (TPSA) is 39.7 Å². The van der Waals surface area contributed by atoms with Gasteiger partial charge in [-0.15, -0.1) is 5.10 Å². The fraction of sp³-hybridized carbons (Fsp3) is 0.133. The lowest BCUT2D eigenvalue weighted by atomic mass is 10.3. The van der Waals surface area contributed by atoms with Gasteiger partial charge in [-0.25, -0.2) is 5.12 Å². The molecular weight excluding hydrogens is 236 g/mol. The highest BCUT2D eigenvalue weighted by Gasteiger charge is 2.14. The number of amidine groups is 1. The van der Waals surface area contributed by atoms with Crippen molar-refractivity contribution in [1.29, 1.82) is 0 Å². The summed E-state index contributed by atoms with van der Waals surface area (Å²) in [5.74, 6) is 0.981. The average Bonchev–Trinajstić information content (AvgIpc) is 2.88. The molecule has 0 radical (unpaired) electrons. The Hall–Kier alpha value is -2.49. The normalized spacial score (nSPS) is 14.1. The molecule has 0 atom stereocenters. The summed E-state index contributed by atoms with van der Waals surface area (Å²) in [4.78, 5) is 0. The zero-order chi connectivity index (χ0) is 12.9. The quantitative estimate of drug-likeness (QED) is 0.881. The summed E-state index contributed by atoms with van der Waals surface area (Å²) < 4.78 is 0. The number of hydrazone groups is 1. The lowest BCUT2D eigenvalue weighted by molar-refractivity contribution is 0.386. The molecule has 0 aliphatic carbocycles. The van der Waals surface area contributed by atoms with Gasteiger partial charge in [-0.05, 0) is 24.3 Å². The van der Waals surface area contributed by atoms with E-state index in [1.807, 2.05) is 65.8 Å². The molecule has 2 aromatic carbocycles. The van der Waals surface area contributed by atoms with Crippen LogP contribution in [0, 0.1) is 0 Å². The van der Waals surface area contributed by atoms with E-state index in [9.17, 15) is 0 Å². The third kappa shape index (κ3) is 3.04. The minimum Gasteiger partial charge on any atom is -0.342 e. The van der Waals surface area contributed by atoms with Gasteiger partial charge in [-0.2, -0.15) is 0 Å². The molecule has 0 saturated carbocycles. The summed E-state index contributed by atoms with van der Waals surface area (Å²) in [6.45, 7) is 0.865. The number of nitrogens with one attached hydrogen (secondary N) is 2. The molecule has 19 heavy (non-hydrogen) atoms. The molecule has 1 aliphatic rings. The Bertz CT molecular complexity index is 551. The smallest absolute Gasteiger partial charge is 0.130 e. The van der Waals surface area contributed by atoms with Crippen molar-refractivity contribution >= 4 is 17.2 Å². The highest BCUT2D eigenvalue weighted by atomic mass is 15.7. The van der Waals surface area contributed by atoms with Gasteiger partial charge >= 0.3 is 0 Å². The molecule has 4 heteroatoms. The maximum absolute atomic E-state index is 4.51. The van der Waals surface area contributed by atoms with E-state index >= 15 is 0 Å². The van der Waals surface area contributed by atoms with E-state index in [1.54, 1.807) is 0 Å². The van der Waals surface area contributed by atoms with E-state index in [0.717, 1.165) is 30.2 Å². The van der Waals surface area contributed by atoms with Gasteiger partial charge in [0, 0.05) is 12.1 Å². The molecule has 2 aromatic rings. The van der Waals surface area contributed by atoms with Crippen molar-refractivity contribution in [1.82, 2.24) is 5.12 Å². The molecule has 3 rings (SSSR count). The second-order valence-electron chi connectivity index (χ2n) is 4.39. The summed E-state index contributed by atoms with van der Waals surface area (Å²) in [5, 5.41) is 9.69. The van der Waals surface area contributed by atoms with Crippen molar-refractivity contribution < 1.29 is 0 Å². The first-order valence-corrected chi connectivity index (χ1v) is 6.39. The lowest BCUT2D eigenvalue weighted by Gasteiger charge is -2.15. The van der Waals surface area contributed by atoms with E-state index in [1.165, 1.54) is 0 Å². The molecule has 0 bridgehead atoms. The van der Waals surface area contributed by atoms with Gasteiger partial charge in [0.25, 0.3) is 0 Å². The maximum atomic E-state index is 4.51. The highest BCUT2D eigenvalue weighted by Crippen LogP contribution is 2.13. The lowest BCUT2D eigenvalue weighted by Crippen LogP contribution is -2.21. The summed E-state index contributed by atoms with van der Waals surface area (Å²) in [6.07, 6.45) is 0.911. The van der Waals surface area contributed by atoms with Crippen LogP contribution in [0.3, 0.4) is 0 Å². The molecule has 0 unspecified atom stereocenters. The number of para-hydroxylation sites is 2. The predicted molar refractivity (Wildman–Crippen MR) is 78.9 cm³/mol. The van der Waals surface area contributed by atoms with Crippen LogP contribution in [0.15, 0.2) is 65.8 Å². The maximum Gasteiger partial charge on any atom is 0.130 e. The molecule has 0 aromatic heterocycles. The predicted octanol–water partition coefficient (Wildman–Crippen LogP) is 3.14. The van der Waals surface area contributed by atoms with E-state index < -0.39 is 0 Å². The van der Waals surface area contributed by atoms with Gasteiger partial charge in [0.2, 0.25) is 0 Å². The van der Waals surface area contributed by atoms with E-state index in [0.29, 0.717) is 0 Å². The molecule has 0 amide bonds. The molecule has 0 fully saturated rings. The van der Waals surface area contributed by atoms with Gasteiger partial charge in [-0.1, -0.05) is 36.4 Å². The third-order valence-corrected chi connectivity index (χ3v) is 2.90. The van der Waals surface area contributed by atoms with Gasteiger partial charge in [0.05, 0.1) is 12.2 Å². The number of hydrazine groups is 1. The van der Waals surface area contributed by atoms with Gasteiger partial charge in [-0.3, -0.25) is 5.43 Å². The Morgan fingerprint density at radius 3 is 2.16 bits per heavy atom. The van der Waals surface area contributed by atoms with Crippen LogP contribution in [-0.4, -0.2) is 17.5 Å². The first kappa shape index (κ1) is 11.6. The third-order valence-electron chi connectivity index (χ3n) is 2.90. The SMILES string of the molecule is c1ccc(NC2=NN(Nc3ccccc3)CC2)cc1. The van der Waals surface area contributed by atoms with E-state index in [4.69, 9.17) is 0 Å². The minimum absolute atomic E-state index is 0.865. The standard InChI is InChI=1S/C15H16N4/c1-3-7-13(8-4-1)16-15-11-12-19(18-15)17-14-9-5-2-6-10-14/h1-10,17H,11-12H2,(H,16,18). The fourth-order valence-corrected chi connectivity index (χ4v) is 1.98. The minimum atomic E-state index is 0.865. The van der Waals surface area contributed by atoms with Crippen molar-refractivity contribution in [2.45, 2.75) is 6.42 Å². The molecule has 4 nitrogen and oxygen atoms in total. The Labute approximate surface area is 112 Å². The van der Waals surface area contributed by atoms with Crippen LogP contribution in [0.1, 0.15) is 6.42 Å².